The van der Waals surface area contributed by atoms with Gasteiger partial charge in [0.1, 0.15) is 5.82 Å². The van der Waals surface area contributed by atoms with Crippen molar-refractivity contribution in [1.29, 1.82) is 0 Å². The van der Waals surface area contributed by atoms with E-state index in [1.807, 2.05) is 6.07 Å². The first-order valence-corrected chi connectivity index (χ1v) is 5.38. The van der Waals surface area contributed by atoms with E-state index < -0.39 is 0 Å². The van der Waals surface area contributed by atoms with Crippen LogP contribution in [0.15, 0.2) is 18.2 Å². The van der Waals surface area contributed by atoms with Gasteiger partial charge in [-0.3, -0.25) is 0 Å². The average molecular weight is 210 g/mol. The summed E-state index contributed by atoms with van der Waals surface area (Å²) in [6, 6.07) is 5.29. The van der Waals surface area contributed by atoms with Gasteiger partial charge in [-0.1, -0.05) is 13.0 Å². The summed E-state index contributed by atoms with van der Waals surface area (Å²) >= 11 is 0. The van der Waals surface area contributed by atoms with Gasteiger partial charge in [-0.2, -0.15) is 0 Å². The van der Waals surface area contributed by atoms with Crippen LogP contribution in [0, 0.1) is 5.82 Å². The summed E-state index contributed by atoms with van der Waals surface area (Å²) < 4.78 is 13.3. The van der Waals surface area contributed by atoms with E-state index in [9.17, 15) is 4.39 Å². The van der Waals surface area contributed by atoms with Crippen LogP contribution in [0.4, 0.5) is 15.8 Å². The zero-order chi connectivity index (χ0) is 11.4. The second kappa shape index (κ2) is 5.01. The number of rotatable bonds is 4. The van der Waals surface area contributed by atoms with Crippen LogP contribution in [0.25, 0.3) is 0 Å². The summed E-state index contributed by atoms with van der Waals surface area (Å²) in [5.74, 6) is -0.339. The van der Waals surface area contributed by atoms with Crippen molar-refractivity contribution in [3.63, 3.8) is 0 Å². The molecule has 0 radical (unpaired) electrons. The van der Waals surface area contributed by atoms with E-state index in [2.05, 4.69) is 25.7 Å². The first-order chi connectivity index (χ1) is 7.07. The first-order valence-electron chi connectivity index (χ1n) is 5.38. The van der Waals surface area contributed by atoms with E-state index in [1.165, 1.54) is 6.07 Å². The first kappa shape index (κ1) is 11.8. The lowest BCUT2D eigenvalue weighted by molar-refractivity contribution is 0.626. The molecule has 0 heterocycles. The molecule has 0 aliphatic heterocycles. The van der Waals surface area contributed by atoms with Crippen molar-refractivity contribution in [2.75, 3.05) is 17.2 Å². The Morgan fingerprint density at radius 3 is 2.60 bits per heavy atom. The van der Waals surface area contributed by atoms with Crippen LogP contribution in [0.5, 0.6) is 0 Å². The Bertz CT molecular complexity index is 323. The molecular weight excluding hydrogens is 191 g/mol. The number of nitrogens with two attached hydrogens (primary N) is 1. The fourth-order valence-electron chi connectivity index (χ4n) is 1.67. The summed E-state index contributed by atoms with van der Waals surface area (Å²) in [5.41, 5.74) is 6.78. The van der Waals surface area contributed by atoms with Crippen molar-refractivity contribution in [2.24, 2.45) is 0 Å². The van der Waals surface area contributed by atoms with Gasteiger partial charge in [0, 0.05) is 12.6 Å². The molecule has 0 amide bonds. The Kier molecular flexibility index (Phi) is 3.95. The van der Waals surface area contributed by atoms with Crippen molar-refractivity contribution >= 4 is 11.4 Å². The van der Waals surface area contributed by atoms with Gasteiger partial charge in [0.25, 0.3) is 0 Å². The number of nitrogen functional groups attached to an aromatic ring is 1. The third-order valence-electron chi connectivity index (χ3n) is 2.43. The molecule has 0 aliphatic carbocycles. The minimum atomic E-state index is -0.339. The van der Waals surface area contributed by atoms with Crippen LogP contribution in [0.2, 0.25) is 0 Å². The zero-order valence-corrected chi connectivity index (χ0v) is 9.63. The summed E-state index contributed by atoms with van der Waals surface area (Å²) in [4.78, 5) is 2.12. The number of para-hydroxylation sites is 1. The fourth-order valence-corrected chi connectivity index (χ4v) is 1.67. The van der Waals surface area contributed by atoms with Gasteiger partial charge < -0.3 is 10.6 Å². The molecule has 15 heavy (non-hydrogen) atoms. The topological polar surface area (TPSA) is 29.3 Å². The molecule has 2 N–H and O–H groups in total. The average Bonchev–Trinajstić information content (AvgIpc) is 2.19. The zero-order valence-electron chi connectivity index (χ0n) is 9.63. The molecule has 84 valence electrons. The minimum Gasteiger partial charge on any atom is -0.395 e. The van der Waals surface area contributed by atoms with Crippen LogP contribution < -0.4 is 10.6 Å². The molecule has 1 aromatic carbocycles. The van der Waals surface area contributed by atoms with Crippen LogP contribution in [-0.4, -0.2) is 12.6 Å². The summed E-state index contributed by atoms with van der Waals surface area (Å²) in [6.45, 7) is 7.16. The van der Waals surface area contributed by atoms with Crippen molar-refractivity contribution < 1.29 is 4.39 Å². The van der Waals surface area contributed by atoms with Gasteiger partial charge in [-0.25, -0.2) is 4.39 Å². The number of hydrogen-bond donors (Lipinski definition) is 1. The summed E-state index contributed by atoms with van der Waals surface area (Å²) in [7, 11) is 0. The Labute approximate surface area is 90.9 Å². The Balaban J connectivity index is 3.05. The predicted octanol–water partition coefficient (Wildman–Crippen LogP) is 3.03. The lowest BCUT2D eigenvalue weighted by Crippen LogP contribution is -2.32. The molecule has 0 saturated carbocycles. The molecule has 0 saturated heterocycles. The highest BCUT2D eigenvalue weighted by Crippen LogP contribution is 2.27. The maximum absolute atomic E-state index is 13.3. The largest absolute Gasteiger partial charge is 0.395 e. The quantitative estimate of drug-likeness (QED) is 0.774. The minimum absolute atomic E-state index is 0.250. The van der Waals surface area contributed by atoms with Gasteiger partial charge in [-0.05, 0) is 32.4 Å². The van der Waals surface area contributed by atoms with Crippen LogP contribution in [0.3, 0.4) is 0 Å². The van der Waals surface area contributed by atoms with Crippen molar-refractivity contribution in [3.05, 3.63) is 24.0 Å². The molecule has 1 aromatic rings. The molecule has 0 bridgehead atoms. The SMILES string of the molecule is CCCN(c1cccc(F)c1N)C(C)C. The molecule has 0 spiro atoms. The number of halogens is 1. The normalized spacial score (nSPS) is 10.7. The molecule has 0 unspecified atom stereocenters. The van der Waals surface area contributed by atoms with E-state index >= 15 is 0 Å². The lowest BCUT2D eigenvalue weighted by Gasteiger charge is -2.29. The molecule has 0 aliphatic rings. The van der Waals surface area contributed by atoms with E-state index in [0.717, 1.165) is 18.7 Å². The Morgan fingerprint density at radius 2 is 2.07 bits per heavy atom. The van der Waals surface area contributed by atoms with E-state index in [-0.39, 0.29) is 11.5 Å². The molecular formula is C12H19FN2. The second-order valence-electron chi connectivity index (χ2n) is 3.96. The van der Waals surface area contributed by atoms with Crippen LogP contribution >= 0.6 is 0 Å². The van der Waals surface area contributed by atoms with Gasteiger partial charge in [-0.15, -0.1) is 0 Å². The molecule has 0 aromatic heterocycles. The number of hydrogen-bond acceptors (Lipinski definition) is 2. The third-order valence-corrected chi connectivity index (χ3v) is 2.43. The molecule has 3 heteroatoms. The highest BCUT2D eigenvalue weighted by Gasteiger charge is 2.14. The Hall–Kier alpha value is -1.25. The van der Waals surface area contributed by atoms with Gasteiger partial charge >= 0.3 is 0 Å². The van der Waals surface area contributed by atoms with Gasteiger partial charge in [0.15, 0.2) is 0 Å². The third kappa shape index (κ3) is 2.61. The van der Waals surface area contributed by atoms with Crippen molar-refractivity contribution in [3.8, 4) is 0 Å². The summed E-state index contributed by atoms with van der Waals surface area (Å²) in [5, 5.41) is 0. The number of anilines is 2. The smallest absolute Gasteiger partial charge is 0.148 e. The number of nitrogens with zero attached hydrogens (tertiary/aromatic N) is 1. The summed E-state index contributed by atoms with van der Waals surface area (Å²) in [6.07, 6.45) is 1.02. The monoisotopic (exact) mass is 210 g/mol. The maximum Gasteiger partial charge on any atom is 0.148 e. The van der Waals surface area contributed by atoms with Crippen molar-refractivity contribution in [1.82, 2.24) is 0 Å². The fraction of sp³-hybridized carbons (Fsp3) is 0.500. The van der Waals surface area contributed by atoms with Crippen LogP contribution in [0.1, 0.15) is 27.2 Å². The predicted molar refractivity (Wildman–Crippen MR) is 63.6 cm³/mol. The van der Waals surface area contributed by atoms with E-state index in [0.29, 0.717) is 6.04 Å². The highest BCUT2D eigenvalue weighted by atomic mass is 19.1. The van der Waals surface area contributed by atoms with Crippen molar-refractivity contribution in [2.45, 2.75) is 33.2 Å². The van der Waals surface area contributed by atoms with E-state index in [1.54, 1.807) is 6.07 Å². The molecule has 0 fully saturated rings. The lowest BCUT2D eigenvalue weighted by atomic mass is 10.2. The second-order valence-corrected chi connectivity index (χ2v) is 3.96. The van der Waals surface area contributed by atoms with E-state index in [4.69, 9.17) is 5.73 Å². The standard InChI is InChI=1S/C12H19FN2/c1-4-8-15(9(2)3)11-7-5-6-10(13)12(11)14/h5-7,9H,4,8,14H2,1-3H3. The maximum atomic E-state index is 13.3. The van der Waals surface area contributed by atoms with Gasteiger partial charge in [0.05, 0.1) is 11.4 Å². The van der Waals surface area contributed by atoms with Gasteiger partial charge in [0.2, 0.25) is 0 Å². The Morgan fingerprint density at radius 1 is 1.40 bits per heavy atom. The highest BCUT2D eigenvalue weighted by molar-refractivity contribution is 5.68. The van der Waals surface area contributed by atoms with Crippen LogP contribution in [-0.2, 0) is 0 Å². The molecule has 0 atom stereocenters. The number of benzene rings is 1. The molecule has 1 rings (SSSR count). The molecule has 2 nitrogen and oxygen atoms in total.